The van der Waals surface area contributed by atoms with Crippen LogP contribution in [0.25, 0.3) is 10.9 Å². The number of rotatable bonds is 4. The highest BCUT2D eigenvalue weighted by Gasteiger charge is 2.09. The molecule has 3 nitrogen and oxygen atoms in total. The smallest absolute Gasteiger partial charge is 0.137 e. The maximum Gasteiger partial charge on any atom is 0.137 e. The summed E-state index contributed by atoms with van der Waals surface area (Å²) in [4.78, 5) is 6.07. The molecule has 106 valence electrons. The van der Waals surface area contributed by atoms with Crippen molar-refractivity contribution in [2.75, 3.05) is 5.32 Å². The Labute approximate surface area is 136 Å². The lowest BCUT2D eigenvalue weighted by Crippen LogP contribution is -2.14. The minimum Gasteiger partial charge on any atom is -0.389 e. The van der Waals surface area contributed by atoms with E-state index in [0.29, 0.717) is 17.4 Å². The van der Waals surface area contributed by atoms with Crippen molar-refractivity contribution in [1.29, 1.82) is 0 Å². The molecule has 0 saturated carbocycles. The van der Waals surface area contributed by atoms with Crippen molar-refractivity contribution in [2.45, 2.75) is 6.54 Å². The number of hydrogen-bond donors (Lipinski definition) is 2. The lowest BCUT2D eigenvalue weighted by atomic mass is 10.1. The molecular weight excluding hydrogens is 322 g/mol. The van der Waals surface area contributed by atoms with E-state index in [1.165, 1.54) is 11.3 Å². The van der Waals surface area contributed by atoms with E-state index in [1.807, 2.05) is 42.5 Å². The van der Waals surface area contributed by atoms with Crippen LogP contribution >= 0.6 is 35.2 Å². The van der Waals surface area contributed by atoms with E-state index in [0.717, 1.165) is 25.7 Å². The lowest BCUT2D eigenvalue weighted by Gasteiger charge is -2.11. The van der Waals surface area contributed by atoms with Gasteiger partial charge in [0.1, 0.15) is 10.8 Å². The number of nitrogens with zero attached hydrogens (tertiary/aromatic N) is 1. The Kier molecular flexibility index (Phi) is 4.05. The first-order valence-corrected chi connectivity index (χ1v) is 7.91. The van der Waals surface area contributed by atoms with E-state index in [1.54, 1.807) is 0 Å². The lowest BCUT2D eigenvalue weighted by molar-refractivity contribution is 1.15. The molecule has 0 amide bonds. The van der Waals surface area contributed by atoms with Gasteiger partial charge in [-0.05, 0) is 24.3 Å². The van der Waals surface area contributed by atoms with Crippen molar-refractivity contribution in [3.63, 3.8) is 0 Å². The molecule has 0 radical (unpaired) electrons. The number of para-hydroxylation sites is 1. The average molecular weight is 334 g/mol. The molecule has 0 unspecified atom stereocenters. The second-order valence-corrected chi connectivity index (χ2v) is 6.74. The van der Waals surface area contributed by atoms with E-state index < -0.39 is 0 Å². The van der Waals surface area contributed by atoms with Gasteiger partial charge >= 0.3 is 0 Å². The zero-order valence-electron chi connectivity index (χ0n) is 11.0. The van der Waals surface area contributed by atoms with Gasteiger partial charge in [-0.2, -0.15) is 0 Å². The Morgan fingerprint density at radius 3 is 2.81 bits per heavy atom. The highest BCUT2D eigenvalue weighted by molar-refractivity contribution is 7.80. The fourth-order valence-corrected chi connectivity index (χ4v) is 3.24. The first-order chi connectivity index (χ1) is 10.1. The number of thiophene rings is 1. The Hall–Kier alpha value is -1.69. The third-order valence-electron chi connectivity index (χ3n) is 3.05. The molecule has 2 heterocycles. The summed E-state index contributed by atoms with van der Waals surface area (Å²) < 4.78 is 0.771. The summed E-state index contributed by atoms with van der Waals surface area (Å²) >= 11 is 12.6. The summed E-state index contributed by atoms with van der Waals surface area (Å²) in [6.07, 6.45) is 0. The summed E-state index contributed by atoms with van der Waals surface area (Å²) in [7, 11) is 0. The van der Waals surface area contributed by atoms with Gasteiger partial charge in [-0.3, -0.25) is 0 Å². The van der Waals surface area contributed by atoms with E-state index in [4.69, 9.17) is 29.6 Å². The molecule has 0 fully saturated rings. The maximum absolute atomic E-state index is 5.94. The molecule has 2 aromatic heterocycles. The van der Waals surface area contributed by atoms with Crippen LogP contribution in [-0.4, -0.2) is 9.97 Å². The zero-order chi connectivity index (χ0) is 14.8. The normalized spacial score (nSPS) is 10.7. The van der Waals surface area contributed by atoms with Gasteiger partial charge in [-0.15, -0.1) is 11.3 Å². The third-order valence-corrected chi connectivity index (χ3v) is 4.50. The van der Waals surface area contributed by atoms with Crippen molar-refractivity contribution in [3.05, 3.63) is 57.2 Å². The molecule has 0 spiro atoms. The van der Waals surface area contributed by atoms with Gasteiger partial charge in [0.15, 0.2) is 0 Å². The molecule has 0 aliphatic heterocycles. The van der Waals surface area contributed by atoms with E-state index in [2.05, 4.69) is 10.3 Å². The Bertz CT molecular complexity index is 814. The van der Waals surface area contributed by atoms with Crippen LogP contribution in [0.5, 0.6) is 0 Å². The van der Waals surface area contributed by atoms with E-state index in [-0.39, 0.29) is 0 Å². The molecule has 1 aromatic carbocycles. The maximum atomic E-state index is 5.94. The quantitative estimate of drug-likeness (QED) is 0.703. The zero-order valence-corrected chi connectivity index (χ0v) is 13.4. The predicted octanol–water partition coefficient (Wildman–Crippen LogP) is 4.20. The van der Waals surface area contributed by atoms with Crippen molar-refractivity contribution in [2.24, 2.45) is 5.73 Å². The minimum absolute atomic E-state index is 0.333. The number of hydrogen-bond acceptors (Lipinski definition) is 4. The SMILES string of the molecule is NC(=S)c1cc2ccccc2nc1NCc1ccc(Cl)s1. The van der Waals surface area contributed by atoms with Gasteiger partial charge in [0.2, 0.25) is 0 Å². The Balaban J connectivity index is 1.95. The molecule has 21 heavy (non-hydrogen) atoms. The highest BCUT2D eigenvalue weighted by Crippen LogP contribution is 2.24. The summed E-state index contributed by atoms with van der Waals surface area (Å²) in [5.41, 5.74) is 7.47. The van der Waals surface area contributed by atoms with E-state index >= 15 is 0 Å². The standard InChI is InChI=1S/C15H12ClN3S2/c16-13-6-5-10(21-13)8-18-15-11(14(17)20)7-9-3-1-2-4-12(9)19-15/h1-7H,8H2,(H2,17,20)(H,18,19). The summed E-state index contributed by atoms with van der Waals surface area (Å²) in [6.45, 7) is 0.637. The van der Waals surface area contributed by atoms with Crippen LogP contribution in [0.4, 0.5) is 5.82 Å². The topological polar surface area (TPSA) is 50.9 Å². The van der Waals surface area contributed by atoms with Gasteiger partial charge in [-0.25, -0.2) is 4.98 Å². The fraction of sp³-hybridized carbons (Fsp3) is 0.0667. The average Bonchev–Trinajstić information content (AvgIpc) is 2.89. The van der Waals surface area contributed by atoms with Gasteiger partial charge in [-0.1, -0.05) is 42.0 Å². The van der Waals surface area contributed by atoms with Gasteiger partial charge in [0, 0.05) is 10.3 Å². The number of pyridine rings is 1. The van der Waals surface area contributed by atoms with Crippen LogP contribution < -0.4 is 11.1 Å². The summed E-state index contributed by atoms with van der Waals surface area (Å²) in [6, 6.07) is 13.7. The highest BCUT2D eigenvalue weighted by atomic mass is 35.5. The van der Waals surface area contributed by atoms with Crippen molar-refractivity contribution >= 4 is 56.9 Å². The van der Waals surface area contributed by atoms with Crippen molar-refractivity contribution in [1.82, 2.24) is 4.98 Å². The second-order valence-electron chi connectivity index (χ2n) is 4.50. The minimum atomic E-state index is 0.333. The molecular formula is C15H12ClN3S2. The molecule has 3 rings (SSSR count). The number of halogens is 1. The van der Waals surface area contributed by atoms with Crippen molar-refractivity contribution in [3.8, 4) is 0 Å². The molecule has 6 heteroatoms. The fourth-order valence-electron chi connectivity index (χ4n) is 2.06. The van der Waals surface area contributed by atoms with Gasteiger partial charge in [0.25, 0.3) is 0 Å². The van der Waals surface area contributed by atoms with Crippen LogP contribution in [0, 0.1) is 0 Å². The van der Waals surface area contributed by atoms with E-state index in [9.17, 15) is 0 Å². The third kappa shape index (κ3) is 3.15. The molecule has 0 aliphatic rings. The van der Waals surface area contributed by atoms with Crippen molar-refractivity contribution < 1.29 is 0 Å². The van der Waals surface area contributed by atoms with Crippen LogP contribution in [0.3, 0.4) is 0 Å². The predicted molar refractivity (Wildman–Crippen MR) is 94.3 cm³/mol. The molecule has 0 saturated heterocycles. The number of aromatic nitrogens is 1. The van der Waals surface area contributed by atoms with Crippen LogP contribution in [-0.2, 0) is 6.54 Å². The summed E-state index contributed by atoms with van der Waals surface area (Å²) in [5.74, 6) is 0.700. The Morgan fingerprint density at radius 2 is 2.10 bits per heavy atom. The number of benzene rings is 1. The second kappa shape index (κ2) is 5.97. The Morgan fingerprint density at radius 1 is 1.29 bits per heavy atom. The largest absolute Gasteiger partial charge is 0.389 e. The number of anilines is 1. The molecule has 3 aromatic rings. The monoisotopic (exact) mass is 333 g/mol. The number of nitrogens with two attached hydrogens (primary N) is 1. The molecule has 3 N–H and O–H groups in total. The first kappa shape index (κ1) is 14.3. The van der Waals surface area contributed by atoms with Gasteiger partial charge < -0.3 is 11.1 Å². The first-order valence-electron chi connectivity index (χ1n) is 6.31. The number of fused-ring (bicyclic) bond motifs is 1. The van der Waals surface area contributed by atoms with Crippen LogP contribution in [0.2, 0.25) is 4.34 Å². The number of nitrogens with one attached hydrogen (secondary N) is 1. The van der Waals surface area contributed by atoms with Crippen LogP contribution in [0.1, 0.15) is 10.4 Å². The molecule has 0 bridgehead atoms. The van der Waals surface area contributed by atoms with Gasteiger partial charge in [0.05, 0.1) is 22.0 Å². The van der Waals surface area contributed by atoms with Crippen LogP contribution in [0.15, 0.2) is 42.5 Å². The summed E-state index contributed by atoms with van der Waals surface area (Å²) in [5, 5.41) is 4.31. The number of thiocarbonyl (C=S) groups is 1. The molecule has 0 atom stereocenters. The molecule has 0 aliphatic carbocycles.